The van der Waals surface area contributed by atoms with Gasteiger partial charge in [-0.2, -0.15) is 0 Å². The quantitative estimate of drug-likeness (QED) is 0.817. The summed E-state index contributed by atoms with van der Waals surface area (Å²) in [5, 5.41) is 20.6. The third-order valence-electron chi connectivity index (χ3n) is 7.76. The van der Waals surface area contributed by atoms with Crippen molar-refractivity contribution < 1.29 is 10.2 Å². The van der Waals surface area contributed by atoms with Crippen molar-refractivity contribution in [2.24, 2.45) is 23.2 Å². The zero-order chi connectivity index (χ0) is 16.9. The molecule has 0 saturated heterocycles. The average molecular weight is 328 g/mol. The number of aliphatic hydroxyl groups is 1. The van der Waals surface area contributed by atoms with Crippen LogP contribution in [0.2, 0.25) is 0 Å². The van der Waals surface area contributed by atoms with Crippen LogP contribution in [0.4, 0.5) is 0 Å². The van der Waals surface area contributed by atoms with Crippen LogP contribution in [0.5, 0.6) is 5.75 Å². The van der Waals surface area contributed by atoms with Gasteiger partial charge in [-0.3, -0.25) is 0 Å². The Bertz CT molecular complexity index is 610. The van der Waals surface area contributed by atoms with E-state index >= 15 is 0 Å². The molecule has 2 N–H and O–H groups in total. The van der Waals surface area contributed by atoms with Crippen LogP contribution in [0.1, 0.15) is 75.8 Å². The number of aliphatic hydroxyl groups excluding tert-OH is 1. The van der Waals surface area contributed by atoms with Crippen LogP contribution in [-0.2, 0) is 6.42 Å². The summed E-state index contributed by atoms with van der Waals surface area (Å²) in [5.74, 6) is 3.18. The predicted octanol–water partition coefficient (Wildman–Crippen LogP) is 5.03. The van der Waals surface area contributed by atoms with Crippen molar-refractivity contribution in [3.8, 4) is 5.75 Å². The smallest absolute Gasteiger partial charge is 0.115 e. The van der Waals surface area contributed by atoms with Gasteiger partial charge in [-0.25, -0.2) is 0 Å². The van der Waals surface area contributed by atoms with Crippen LogP contribution in [0.25, 0.3) is 0 Å². The normalized spacial score (nSPS) is 40.7. The fourth-order valence-corrected chi connectivity index (χ4v) is 6.50. The van der Waals surface area contributed by atoms with Crippen LogP contribution in [0.15, 0.2) is 18.2 Å². The third kappa shape index (κ3) is 2.41. The summed E-state index contributed by atoms with van der Waals surface area (Å²) in [4.78, 5) is 0. The van der Waals surface area contributed by atoms with Gasteiger partial charge in [-0.15, -0.1) is 0 Å². The summed E-state index contributed by atoms with van der Waals surface area (Å²) in [7, 11) is 0. The van der Waals surface area contributed by atoms with E-state index in [-0.39, 0.29) is 11.5 Å². The standard InChI is InChI=1S/C22H32O2/c1-3-4-5-14-12-15-13-16(23)6-7-17(15)18-10-11-22(2)19(21(14)18)8-9-20(22)24/h6-7,13-14,18-21,23-24H,3-5,8-12H2,1-2H3/t14-,18-,19+,20+,21-,22+/m1/s1. The van der Waals surface area contributed by atoms with Gasteiger partial charge >= 0.3 is 0 Å². The maximum Gasteiger partial charge on any atom is 0.115 e. The number of phenolic OH excluding ortho intramolecular Hbond substituents is 1. The summed E-state index contributed by atoms with van der Waals surface area (Å²) in [6, 6.07) is 6.08. The van der Waals surface area contributed by atoms with Crippen LogP contribution in [0.3, 0.4) is 0 Å². The van der Waals surface area contributed by atoms with Crippen molar-refractivity contribution >= 4 is 0 Å². The summed E-state index contributed by atoms with van der Waals surface area (Å²) in [6.45, 7) is 4.64. The van der Waals surface area contributed by atoms with E-state index in [0.717, 1.165) is 31.1 Å². The van der Waals surface area contributed by atoms with Gasteiger partial charge in [0.15, 0.2) is 0 Å². The topological polar surface area (TPSA) is 40.5 Å². The number of hydrogen-bond acceptors (Lipinski definition) is 2. The van der Waals surface area contributed by atoms with Gasteiger partial charge in [-0.05, 0) is 90.9 Å². The molecule has 1 aromatic carbocycles. The number of hydrogen-bond donors (Lipinski definition) is 2. The Kier molecular flexibility index (Phi) is 4.15. The zero-order valence-corrected chi connectivity index (χ0v) is 15.2. The van der Waals surface area contributed by atoms with Crippen LogP contribution >= 0.6 is 0 Å². The van der Waals surface area contributed by atoms with E-state index in [2.05, 4.69) is 19.9 Å². The first kappa shape index (κ1) is 16.4. The number of rotatable bonds is 3. The number of aromatic hydroxyl groups is 1. The van der Waals surface area contributed by atoms with Crippen LogP contribution in [0, 0.1) is 23.2 Å². The van der Waals surface area contributed by atoms with E-state index in [1.54, 1.807) is 0 Å². The summed E-state index contributed by atoms with van der Waals surface area (Å²) >= 11 is 0. The number of unbranched alkanes of at least 4 members (excludes halogenated alkanes) is 1. The fraction of sp³-hybridized carbons (Fsp3) is 0.727. The minimum atomic E-state index is -0.100. The van der Waals surface area contributed by atoms with Crippen molar-refractivity contribution in [2.75, 3.05) is 0 Å². The monoisotopic (exact) mass is 328 g/mol. The van der Waals surface area contributed by atoms with Gasteiger partial charge in [0.1, 0.15) is 5.75 Å². The first-order valence-corrected chi connectivity index (χ1v) is 10.0. The van der Waals surface area contributed by atoms with E-state index in [1.807, 2.05) is 12.1 Å². The SMILES string of the molecule is CCCC[C@@H]1Cc2cc(O)ccc2[C@H]2CC[C@]3(C)[C@@H](O)CC[C@H]3[C@H]12. The van der Waals surface area contributed by atoms with Crippen molar-refractivity contribution in [3.05, 3.63) is 29.3 Å². The van der Waals surface area contributed by atoms with E-state index in [9.17, 15) is 10.2 Å². The molecule has 0 spiro atoms. The molecule has 2 saturated carbocycles. The Hall–Kier alpha value is -1.02. The molecule has 0 radical (unpaired) electrons. The maximum absolute atomic E-state index is 10.6. The minimum Gasteiger partial charge on any atom is -0.508 e. The Morgan fingerprint density at radius 2 is 2.04 bits per heavy atom. The third-order valence-corrected chi connectivity index (χ3v) is 7.76. The highest BCUT2D eigenvalue weighted by Gasteiger charge is 2.56. The molecule has 0 bridgehead atoms. The zero-order valence-electron chi connectivity index (χ0n) is 15.2. The van der Waals surface area contributed by atoms with Gasteiger partial charge in [0.05, 0.1) is 6.10 Å². The highest BCUT2D eigenvalue weighted by atomic mass is 16.3. The van der Waals surface area contributed by atoms with Gasteiger partial charge in [-0.1, -0.05) is 32.8 Å². The minimum absolute atomic E-state index is 0.100. The number of fused-ring (bicyclic) bond motifs is 5. The number of benzene rings is 1. The molecule has 2 fully saturated rings. The lowest BCUT2D eigenvalue weighted by Crippen LogP contribution is -2.47. The Labute approximate surface area is 146 Å². The molecule has 0 heterocycles. The molecule has 24 heavy (non-hydrogen) atoms. The second-order valence-corrected chi connectivity index (χ2v) is 8.92. The van der Waals surface area contributed by atoms with Crippen molar-refractivity contribution in [2.45, 2.75) is 77.2 Å². The largest absolute Gasteiger partial charge is 0.508 e. The van der Waals surface area contributed by atoms with Crippen molar-refractivity contribution in [1.82, 2.24) is 0 Å². The highest BCUT2D eigenvalue weighted by molar-refractivity contribution is 5.40. The molecule has 0 aliphatic heterocycles. The van der Waals surface area contributed by atoms with E-state index < -0.39 is 0 Å². The first-order valence-electron chi connectivity index (χ1n) is 10.0. The van der Waals surface area contributed by atoms with Gasteiger partial charge in [0.2, 0.25) is 0 Å². The van der Waals surface area contributed by atoms with Crippen LogP contribution in [-0.4, -0.2) is 16.3 Å². The molecule has 6 atom stereocenters. The van der Waals surface area contributed by atoms with E-state index in [4.69, 9.17) is 0 Å². The van der Waals surface area contributed by atoms with Crippen LogP contribution < -0.4 is 0 Å². The molecule has 3 aliphatic carbocycles. The fourth-order valence-electron chi connectivity index (χ4n) is 6.50. The lowest BCUT2D eigenvalue weighted by atomic mass is 9.52. The molecule has 0 unspecified atom stereocenters. The lowest BCUT2D eigenvalue weighted by Gasteiger charge is -2.53. The summed E-state index contributed by atoms with van der Waals surface area (Å²) < 4.78 is 0. The molecule has 1 aromatic rings. The molecule has 0 amide bonds. The molecule has 2 nitrogen and oxygen atoms in total. The maximum atomic E-state index is 10.6. The average Bonchev–Trinajstić information content (AvgIpc) is 2.87. The lowest BCUT2D eigenvalue weighted by molar-refractivity contribution is -0.0395. The second kappa shape index (κ2) is 6.05. The molecule has 2 heteroatoms. The van der Waals surface area contributed by atoms with Gasteiger partial charge in [0, 0.05) is 0 Å². The van der Waals surface area contributed by atoms with E-state index in [1.165, 1.54) is 43.2 Å². The van der Waals surface area contributed by atoms with Crippen molar-refractivity contribution in [1.29, 1.82) is 0 Å². The van der Waals surface area contributed by atoms with Gasteiger partial charge < -0.3 is 10.2 Å². The Balaban J connectivity index is 1.73. The Morgan fingerprint density at radius 3 is 2.83 bits per heavy atom. The molecule has 132 valence electrons. The molecule has 3 aliphatic rings. The predicted molar refractivity (Wildman–Crippen MR) is 97.1 cm³/mol. The second-order valence-electron chi connectivity index (χ2n) is 8.92. The summed E-state index contributed by atoms with van der Waals surface area (Å²) in [6.07, 6.45) is 9.43. The molecular weight excluding hydrogens is 296 g/mol. The number of phenols is 1. The highest BCUT2D eigenvalue weighted by Crippen LogP contribution is 2.62. The molecular formula is C22H32O2. The van der Waals surface area contributed by atoms with E-state index in [0.29, 0.717) is 17.6 Å². The summed E-state index contributed by atoms with van der Waals surface area (Å²) in [5.41, 5.74) is 3.02. The van der Waals surface area contributed by atoms with Gasteiger partial charge in [0.25, 0.3) is 0 Å². The molecule has 0 aromatic heterocycles. The Morgan fingerprint density at radius 1 is 1.21 bits per heavy atom. The van der Waals surface area contributed by atoms with Crippen molar-refractivity contribution in [3.63, 3.8) is 0 Å². The molecule has 4 rings (SSSR count). The first-order chi connectivity index (χ1) is 11.5.